The van der Waals surface area contributed by atoms with Gasteiger partial charge in [-0.05, 0) is 37.2 Å². The summed E-state index contributed by atoms with van der Waals surface area (Å²) in [7, 11) is 0. The molecule has 3 N–H and O–H groups in total. The zero-order valence-corrected chi connectivity index (χ0v) is 11.7. The molecule has 0 aliphatic carbocycles. The van der Waals surface area contributed by atoms with Gasteiger partial charge in [-0.15, -0.1) is 0 Å². The lowest BCUT2D eigenvalue weighted by molar-refractivity contribution is 0.871. The molecule has 0 spiro atoms. The van der Waals surface area contributed by atoms with Crippen LogP contribution in [0.25, 0.3) is 22.3 Å². The summed E-state index contributed by atoms with van der Waals surface area (Å²) >= 11 is 0. The van der Waals surface area contributed by atoms with Crippen molar-refractivity contribution in [2.75, 3.05) is 18.4 Å². The van der Waals surface area contributed by atoms with E-state index in [2.05, 4.69) is 20.3 Å². The molecular formula is C16H17N5. The van der Waals surface area contributed by atoms with Crippen LogP contribution in [0.4, 0.5) is 5.82 Å². The van der Waals surface area contributed by atoms with E-state index in [1.807, 2.05) is 36.4 Å². The summed E-state index contributed by atoms with van der Waals surface area (Å²) in [5.41, 5.74) is 7.43. The topological polar surface area (TPSA) is 76.7 Å². The number of para-hydroxylation sites is 1. The highest BCUT2D eigenvalue weighted by Crippen LogP contribution is 2.24. The predicted octanol–water partition coefficient (Wildman–Crippen LogP) is 2.45. The van der Waals surface area contributed by atoms with E-state index in [0.717, 1.165) is 35.2 Å². The van der Waals surface area contributed by atoms with Crippen molar-refractivity contribution >= 4 is 16.7 Å². The highest BCUT2D eigenvalue weighted by Gasteiger charge is 2.08. The molecular weight excluding hydrogens is 262 g/mol. The molecule has 0 saturated carbocycles. The Bertz CT molecular complexity index is 727. The van der Waals surface area contributed by atoms with Gasteiger partial charge in [0.05, 0.1) is 5.52 Å². The first-order valence-corrected chi connectivity index (χ1v) is 6.99. The zero-order chi connectivity index (χ0) is 14.5. The highest BCUT2D eigenvalue weighted by atomic mass is 15.0. The van der Waals surface area contributed by atoms with Crippen LogP contribution in [-0.4, -0.2) is 28.0 Å². The molecule has 0 fully saturated rings. The maximum absolute atomic E-state index is 5.55. The van der Waals surface area contributed by atoms with Gasteiger partial charge in [-0.1, -0.05) is 12.1 Å². The second-order valence-electron chi connectivity index (χ2n) is 4.72. The molecule has 3 rings (SSSR count). The average molecular weight is 279 g/mol. The van der Waals surface area contributed by atoms with Gasteiger partial charge in [0.25, 0.3) is 0 Å². The van der Waals surface area contributed by atoms with Gasteiger partial charge in [0.15, 0.2) is 5.82 Å². The van der Waals surface area contributed by atoms with E-state index in [0.29, 0.717) is 12.4 Å². The van der Waals surface area contributed by atoms with Gasteiger partial charge in [-0.2, -0.15) is 0 Å². The minimum Gasteiger partial charge on any atom is -0.369 e. The fourth-order valence-corrected chi connectivity index (χ4v) is 2.15. The van der Waals surface area contributed by atoms with Gasteiger partial charge in [0.1, 0.15) is 5.82 Å². The Balaban J connectivity index is 2.06. The van der Waals surface area contributed by atoms with Gasteiger partial charge >= 0.3 is 0 Å². The Morgan fingerprint density at radius 3 is 2.62 bits per heavy atom. The van der Waals surface area contributed by atoms with Crippen LogP contribution in [0.5, 0.6) is 0 Å². The largest absolute Gasteiger partial charge is 0.369 e. The standard InChI is InChI=1S/C16H17N5/c17-8-3-9-19-16-13-4-1-2-5-14(13)20-15(21-16)12-6-10-18-11-7-12/h1-2,4-7,10-11H,3,8-9,17H2,(H,19,20,21). The summed E-state index contributed by atoms with van der Waals surface area (Å²) in [5.74, 6) is 1.55. The lowest BCUT2D eigenvalue weighted by Crippen LogP contribution is -2.10. The third kappa shape index (κ3) is 2.98. The summed E-state index contributed by atoms with van der Waals surface area (Å²) < 4.78 is 0. The van der Waals surface area contributed by atoms with Crippen LogP contribution in [-0.2, 0) is 0 Å². The summed E-state index contributed by atoms with van der Waals surface area (Å²) in [6, 6.07) is 11.8. The van der Waals surface area contributed by atoms with Gasteiger partial charge in [0, 0.05) is 29.9 Å². The summed E-state index contributed by atoms with van der Waals surface area (Å²) in [6.07, 6.45) is 4.40. The second-order valence-corrected chi connectivity index (χ2v) is 4.72. The number of rotatable bonds is 5. The molecule has 0 aliphatic heterocycles. The van der Waals surface area contributed by atoms with Crippen LogP contribution in [0.1, 0.15) is 6.42 Å². The first kappa shape index (κ1) is 13.5. The molecule has 2 aromatic heterocycles. The van der Waals surface area contributed by atoms with E-state index in [4.69, 9.17) is 5.73 Å². The van der Waals surface area contributed by atoms with Crippen LogP contribution in [0.15, 0.2) is 48.8 Å². The van der Waals surface area contributed by atoms with Crippen molar-refractivity contribution in [3.63, 3.8) is 0 Å². The Hall–Kier alpha value is -2.53. The Morgan fingerprint density at radius 2 is 1.81 bits per heavy atom. The number of hydrogen-bond acceptors (Lipinski definition) is 5. The van der Waals surface area contributed by atoms with E-state index in [1.165, 1.54) is 0 Å². The maximum atomic E-state index is 5.55. The van der Waals surface area contributed by atoms with Crippen LogP contribution >= 0.6 is 0 Å². The lowest BCUT2D eigenvalue weighted by Gasteiger charge is -2.10. The summed E-state index contributed by atoms with van der Waals surface area (Å²) in [4.78, 5) is 13.3. The smallest absolute Gasteiger partial charge is 0.162 e. The van der Waals surface area contributed by atoms with Crippen molar-refractivity contribution in [2.45, 2.75) is 6.42 Å². The van der Waals surface area contributed by atoms with Gasteiger partial charge in [0.2, 0.25) is 0 Å². The van der Waals surface area contributed by atoms with Gasteiger partial charge < -0.3 is 11.1 Å². The van der Waals surface area contributed by atoms with E-state index in [-0.39, 0.29) is 0 Å². The quantitative estimate of drug-likeness (QED) is 0.701. The maximum Gasteiger partial charge on any atom is 0.162 e. The van der Waals surface area contributed by atoms with Crippen LogP contribution in [0.2, 0.25) is 0 Å². The number of nitrogens with zero attached hydrogens (tertiary/aromatic N) is 3. The molecule has 21 heavy (non-hydrogen) atoms. The minimum absolute atomic E-state index is 0.660. The van der Waals surface area contributed by atoms with E-state index >= 15 is 0 Å². The van der Waals surface area contributed by atoms with Crippen molar-refractivity contribution in [3.05, 3.63) is 48.8 Å². The number of hydrogen-bond donors (Lipinski definition) is 2. The number of benzene rings is 1. The third-order valence-corrected chi connectivity index (χ3v) is 3.22. The third-order valence-electron chi connectivity index (χ3n) is 3.22. The van der Waals surface area contributed by atoms with Crippen LogP contribution in [0.3, 0.4) is 0 Å². The molecule has 0 unspecified atom stereocenters. The molecule has 1 aromatic carbocycles. The van der Waals surface area contributed by atoms with Crippen LogP contribution < -0.4 is 11.1 Å². The number of anilines is 1. The van der Waals surface area contributed by atoms with Crippen molar-refractivity contribution in [1.29, 1.82) is 0 Å². The number of aromatic nitrogens is 3. The average Bonchev–Trinajstić information content (AvgIpc) is 2.55. The van der Waals surface area contributed by atoms with Crippen molar-refractivity contribution in [3.8, 4) is 11.4 Å². The first-order chi connectivity index (χ1) is 10.4. The molecule has 2 heterocycles. The summed E-state index contributed by atoms with van der Waals surface area (Å²) in [6.45, 7) is 1.46. The van der Waals surface area contributed by atoms with Crippen molar-refractivity contribution < 1.29 is 0 Å². The number of nitrogens with two attached hydrogens (primary N) is 1. The fourth-order valence-electron chi connectivity index (χ4n) is 2.15. The second kappa shape index (κ2) is 6.28. The monoisotopic (exact) mass is 279 g/mol. The fraction of sp³-hybridized carbons (Fsp3) is 0.188. The molecule has 106 valence electrons. The van der Waals surface area contributed by atoms with Crippen molar-refractivity contribution in [2.24, 2.45) is 5.73 Å². The van der Waals surface area contributed by atoms with E-state index < -0.39 is 0 Å². The van der Waals surface area contributed by atoms with E-state index in [9.17, 15) is 0 Å². The molecule has 0 amide bonds. The van der Waals surface area contributed by atoms with E-state index in [1.54, 1.807) is 12.4 Å². The van der Waals surface area contributed by atoms with Crippen molar-refractivity contribution in [1.82, 2.24) is 15.0 Å². The zero-order valence-electron chi connectivity index (χ0n) is 11.7. The Kier molecular flexibility index (Phi) is 4.02. The number of pyridine rings is 1. The number of nitrogens with one attached hydrogen (secondary N) is 1. The molecule has 5 nitrogen and oxygen atoms in total. The number of fused-ring (bicyclic) bond motifs is 1. The predicted molar refractivity (Wildman–Crippen MR) is 84.9 cm³/mol. The Labute approximate surface area is 123 Å². The summed E-state index contributed by atoms with van der Waals surface area (Å²) in [5, 5.41) is 4.37. The van der Waals surface area contributed by atoms with Gasteiger partial charge in [-0.3, -0.25) is 4.98 Å². The molecule has 0 atom stereocenters. The molecule has 0 radical (unpaired) electrons. The molecule has 0 aliphatic rings. The van der Waals surface area contributed by atoms with Crippen LogP contribution in [0, 0.1) is 0 Å². The first-order valence-electron chi connectivity index (χ1n) is 6.99. The minimum atomic E-state index is 0.660. The normalized spacial score (nSPS) is 10.7. The molecule has 0 bridgehead atoms. The Morgan fingerprint density at radius 1 is 1.00 bits per heavy atom. The van der Waals surface area contributed by atoms with Gasteiger partial charge in [-0.25, -0.2) is 9.97 Å². The molecule has 0 saturated heterocycles. The highest BCUT2D eigenvalue weighted by molar-refractivity contribution is 5.90. The molecule has 3 aromatic rings. The lowest BCUT2D eigenvalue weighted by atomic mass is 10.2. The SMILES string of the molecule is NCCCNc1nc(-c2ccncc2)nc2ccccc12. The molecule has 5 heteroatoms.